The molecule has 4 nitrogen and oxygen atoms in total. The van der Waals surface area contributed by atoms with E-state index in [9.17, 15) is 12.8 Å². The van der Waals surface area contributed by atoms with Crippen molar-refractivity contribution in [2.24, 2.45) is 5.92 Å². The molecular weight excluding hydrogens is 316 g/mol. The van der Waals surface area contributed by atoms with Gasteiger partial charge in [-0.25, -0.2) is 17.5 Å². The van der Waals surface area contributed by atoms with Gasteiger partial charge in [0.05, 0.1) is 10.0 Å². The molecule has 0 bridgehead atoms. The molecule has 19 heavy (non-hydrogen) atoms. The first-order chi connectivity index (χ1) is 8.70. The maximum atomic E-state index is 13.5. The van der Waals surface area contributed by atoms with Crippen molar-refractivity contribution in [1.82, 2.24) is 4.72 Å². The Balaban J connectivity index is 3.12. The van der Waals surface area contributed by atoms with Gasteiger partial charge in [0.2, 0.25) is 10.0 Å². The van der Waals surface area contributed by atoms with Crippen molar-refractivity contribution in [3.8, 4) is 0 Å². The molecular formula is C11H14Cl2FNO3S. The molecule has 0 saturated heterocycles. The van der Waals surface area contributed by atoms with Gasteiger partial charge in [-0.15, -0.1) is 0 Å². The van der Waals surface area contributed by atoms with Gasteiger partial charge >= 0.3 is 0 Å². The van der Waals surface area contributed by atoms with Crippen molar-refractivity contribution in [1.29, 1.82) is 0 Å². The van der Waals surface area contributed by atoms with Gasteiger partial charge in [0, 0.05) is 12.6 Å². The summed E-state index contributed by atoms with van der Waals surface area (Å²) in [7, 11) is -3.98. The van der Waals surface area contributed by atoms with Crippen LogP contribution in [0.3, 0.4) is 0 Å². The Kier molecular flexibility index (Phi) is 5.58. The lowest BCUT2D eigenvalue weighted by Crippen LogP contribution is -2.38. The average molecular weight is 330 g/mol. The van der Waals surface area contributed by atoms with Crippen molar-refractivity contribution in [3.05, 3.63) is 28.0 Å². The van der Waals surface area contributed by atoms with E-state index in [1.54, 1.807) is 13.8 Å². The van der Waals surface area contributed by atoms with Gasteiger partial charge in [-0.1, -0.05) is 30.1 Å². The van der Waals surface area contributed by atoms with Crippen molar-refractivity contribution >= 4 is 33.2 Å². The molecule has 0 radical (unpaired) electrons. The molecule has 2 N–H and O–H groups in total. The SMILES string of the molecule is CC(CO)C(C)NS(=O)(=O)c1ccc(Cl)c(F)c1Cl. The van der Waals surface area contributed by atoms with Gasteiger partial charge in [-0.2, -0.15) is 0 Å². The van der Waals surface area contributed by atoms with Crippen LogP contribution in [0.2, 0.25) is 10.0 Å². The molecule has 0 saturated carbocycles. The zero-order chi connectivity index (χ0) is 14.8. The summed E-state index contributed by atoms with van der Waals surface area (Å²) in [5.74, 6) is -1.26. The predicted molar refractivity (Wildman–Crippen MR) is 72.5 cm³/mol. The van der Waals surface area contributed by atoms with E-state index in [1.165, 1.54) is 0 Å². The van der Waals surface area contributed by atoms with Crippen LogP contribution >= 0.6 is 23.2 Å². The first-order valence-corrected chi connectivity index (χ1v) is 7.71. The molecule has 0 aliphatic rings. The summed E-state index contributed by atoms with van der Waals surface area (Å²) < 4.78 is 39.9. The maximum absolute atomic E-state index is 13.5. The van der Waals surface area contributed by atoms with Crippen LogP contribution in [0.1, 0.15) is 13.8 Å². The van der Waals surface area contributed by atoms with Crippen molar-refractivity contribution in [2.75, 3.05) is 6.61 Å². The molecule has 0 amide bonds. The van der Waals surface area contributed by atoms with Crippen molar-refractivity contribution < 1.29 is 17.9 Å². The minimum Gasteiger partial charge on any atom is -0.396 e. The molecule has 0 fully saturated rings. The second-order valence-electron chi connectivity index (χ2n) is 4.24. The van der Waals surface area contributed by atoms with Crippen LogP contribution in [0.4, 0.5) is 4.39 Å². The van der Waals surface area contributed by atoms with E-state index in [1.807, 2.05) is 0 Å². The summed E-state index contributed by atoms with van der Waals surface area (Å²) >= 11 is 11.2. The molecule has 2 atom stereocenters. The lowest BCUT2D eigenvalue weighted by Gasteiger charge is -2.19. The second-order valence-corrected chi connectivity index (χ2v) is 6.71. The van der Waals surface area contributed by atoms with E-state index >= 15 is 0 Å². The Morgan fingerprint density at radius 3 is 2.47 bits per heavy atom. The minimum absolute atomic E-state index is 0.174. The molecule has 0 aliphatic carbocycles. The smallest absolute Gasteiger partial charge is 0.242 e. The fourth-order valence-electron chi connectivity index (χ4n) is 1.30. The number of hydrogen-bond donors (Lipinski definition) is 2. The number of rotatable bonds is 5. The molecule has 1 rings (SSSR count). The number of hydrogen-bond acceptors (Lipinski definition) is 3. The van der Waals surface area contributed by atoms with Crippen LogP contribution in [-0.2, 0) is 10.0 Å². The monoisotopic (exact) mass is 329 g/mol. The molecule has 0 heterocycles. The largest absolute Gasteiger partial charge is 0.396 e. The summed E-state index contributed by atoms with van der Waals surface area (Å²) in [5, 5.41) is 8.17. The quantitative estimate of drug-likeness (QED) is 0.815. The fourth-order valence-corrected chi connectivity index (χ4v) is 3.40. The molecule has 108 valence electrons. The zero-order valence-electron chi connectivity index (χ0n) is 10.3. The van der Waals surface area contributed by atoms with E-state index in [4.69, 9.17) is 28.3 Å². The highest BCUT2D eigenvalue weighted by atomic mass is 35.5. The highest BCUT2D eigenvalue weighted by molar-refractivity contribution is 7.89. The summed E-state index contributed by atoms with van der Waals surface area (Å²) in [6, 6.07) is 1.73. The highest BCUT2D eigenvalue weighted by Gasteiger charge is 2.25. The molecule has 8 heteroatoms. The van der Waals surface area contributed by atoms with Crippen LogP contribution < -0.4 is 4.72 Å². The third-order valence-corrected chi connectivity index (χ3v) is 5.15. The summed E-state index contributed by atoms with van der Waals surface area (Å²) in [6.45, 7) is 3.10. The molecule has 0 aromatic heterocycles. The number of sulfonamides is 1. The van der Waals surface area contributed by atoms with Crippen molar-refractivity contribution in [2.45, 2.75) is 24.8 Å². The Morgan fingerprint density at radius 2 is 1.95 bits per heavy atom. The van der Waals surface area contributed by atoms with Crippen LogP contribution in [0.25, 0.3) is 0 Å². The van der Waals surface area contributed by atoms with Crippen LogP contribution in [0.15, 0.2) is 17.0 Å². The summed E-state index contributed by atoms with van der Waals surface area (Å²) in [6.07, 6.45) is 0. The van der Waals surface area contributed by atoms with Gasteiger partial charge in [-0.05, 0) is 25.0 Å². The first-order valence-electron chi connectivity index (χ1n) is 5.47. The lowest BCUT2D eigenvalue weighted by atomic mass is 10.1. The van der Waals surface area contributed by atoms with E-state index in [-0.39, 0.29) is 22.4 Å². The Hall–Kier alpha value is -0.400. The maximum Gasteiger partial charge on any atom is 0.242 e. The van der Waals surface area contributed by atoms with E-state index in [0.717, 1.165) is 12.1 Å². The number of nitrogens with one attached hydrogen (secondary N) is 1. The Morgan fingerprint density at radius 1 is 1.37 bits per heavy atom. The van der Waals surface area contributed by atoms with E-state index < -0.39 is 26.9 Å². The molecule has 1 aromatic carbocycles. The van der Waals surface area contributed by atoms with Crippen molar-refractivity contribution in [3.63, 3.8) is 0 Å². The standard InChI is InChI=1S/C11H14Cl2FNO3S/c1-6(5-16)7(2)15-19(17,18)9-4-3-8(12)11(14)10(9)13/h3-4,6-7,15-16H,5H2,1-2H3. The predicted octanol–water partition coefficient (Wildman–Crippen LogP) is 2.43. The van der Waals surface area contributed by atoms with Crippen LogP contribution in [0.5, 0.6) is 0 Å². The summed E-state index contributed by atoms with van der Waals surface area (Å²) in [4.78, 5) is -0.381. The zero-order valence-corrected chi connectivity index (χ0v) is 12.7. The Labute approximate surface area is 121 Å². The number of aliphatic hydroxyl groups excluding tert-OH is 1. The van der Waals surface area contributed by atoms with E-state index in [2.05, 4.69) is 4.72 Å². The van der Waals surface area contributed by atoms with Gasteiger partial charge in [0.25, 0.3) is 0 Å². The van der Waals surface area contributed by atoms with Gasteiger partial charge < -0.3 is 5.11 Å². The van der Waals surface area contributed by atoms with Crippen LogP contribution in [-0.4, -0.2) is 26.2 Å². The second kappa shape index (κ2) is 6.37. The number of aliphatic hydroxyl groups is 1. The highest BCUT2D eigenvalue weighted by Crippen LogP contribution is 2.29. The van der Waals surface area contributed by atoms with Crippen LogP contribution in [0, 0.1) is 11.7 Å². The topological polar surface area (TPSA) is 66.4 Å². The van der Waals surface area contributed by atoms with Gasteiger partial charge in [-0.3, -0.25) is 0 Å². The first kappa shape index (κ1) is 16.7. The molecule has 2 unspecified atom stereocenters. The Bertz CT molecular complexity index is 565. The molecule has 0 spiro atoms. The minimum atomic E-state index is -3.98. The fraction of sp³-hybridized carbons (Fsp3) is 0.455. The van der Waals surface area contributed by atoms with Gasteiger partial charge in [0.15, 0.2) is 5.82 Å². The van der Waals surface area contributed by atoms with E-state index in [0.29, 0.717) is 0 Å². The van der Waals surface area contributed by atoms with Gasteiger partial charge in [0.1, 0.15) is 4.90 Å². The number of halogens is 3. The molecule has 0 aliphatic heterocycles. The average Bonchev–Trinajstić information content (AvgIpc) is 2.33. The lowest BCUT2D eigenvalue weighted by molar-refractivity contribution is 0.216. The third-order valence-electron chi connectivity index (χ3n) is 2.77. The number of benzene rings is 1. The third kappa shape index (κ3) is 3.79. The summed E-state index contributed by atoms with van der Waals surface area (Å²) in [5.41, 5.74) is 0. The normalized spacial score (nSPS) is 15.3. The molecule has 1 aromatic rings.